The van der Waals surface area contributed by atoms with Gasteiger partial charge in [-0.3, -0.25) is 4.79 Å². The first-order valence-corrected chi connectivity index (χ1v) is 3.65. The number of aliphatic carboxylic acids is 1. The Kier molecular flexibility index (Phi) is 4.81. The molecular weight excluding hydrogens is 146 g/mol. The van der Waals surface area contributed by atoms with Crippen LogP contribution in [0.25, 0.3) is 0 Å². The van der Waals surface area contributed by atoms with E-state index in [4.69, 9.17) is 10.2 Å². The van der Waals surface area contributed by atoms with Gasteiger partial charge in [-0.25, -0.2) is 0 Å². The van der Waals surface area contributed by atoms with Gasteiger partial charge < -0.3 is 15.5 Å². The van der Waals surface area contributed by atoms with Gasteiger partial charge >= 0.3 is 5.97 Å². The predicted octanol–water partition coefficient (Wildman–Crippen LogP) is -0.323. The topological polar surface area (TPSA) is 69.6 Å². The van der Waals surface area contributed by atoms with Crippen LogP contribution in [0.2, 0.25) is 0 Å². The highest BCUT2D eigenvalue weighted by Gasteiger charge is 2.10. The fraction of sp³-hybridized carbons (Fsp3) is 0.857. The van der Waals surface area contributed by atoms with Crippen molar-refractivity contribution in [3.8, 4) is 0 Å². The van der Waals surface area contributed by atoms with Gasteiger partial charge in [0.05, 0.1) is 0 Å². The predicted molar refractivity (Wildman–Crippen MR) is 41.4 cm³/mol. The van der Waals surface area contributed by atoms with Crippen LogP contribution in [-0.4, -0.2) is 35.4 Å². The van der Waals surface area contributed by atoms with Crippen molar-refractivity contribution in [3.63, 3.8) is 0 Å². The van der Waals surface area contributed by atoms with Gasteiger partial charge in [-0.1, -0.05) is 6.92 Å². The van der Waals surface area contributed by atoms with E-state index in [0.717, 1.165) is 0 Å². The Morgan fingerprint density at radius 3 is 2.45 bits per heavy atom. The number of carboxylic acids is 1. The molecule has 4 heteroatoms. The van der Waals surface area contributed by atoms with Gasteiger partial charge in [0.15, 0.2) is 0 Å². The van der Waals surface area contributed by atoms with Crippen molar-refractivity contribution in [2.24, 2.45) is 5.92 Å². The van der Waals surface area contributed by atoms with Crippen LogP contribution in [0.5, 0.6) is 0 Å². The van der Waals surface area contributed by atoms with Crippen molar-refractivity contribution in [1.29, 1.82) is 0 Å². The molecule has 1 unspecified atom stereocenters. The van der Waals surface area contributed by atoms with Crippen molar-refractivity contribution in [2.75, 3.05) is 13.2 Å². The molecule has 0 amide bonds. The number of rotatable bonds is 5. The summed E-state index contributed by atoms with van der Waals surface area (Å²) in [6, 6.07) is -0.538. The summed E-state index contributed by atoms with van der Waals surface area (Å²) in [5.74, 6) is -0.757. The van der Waals surface area contributed by atoms with E-state index >= 15 is 0 Å². The van der Waals surface area contributed by atoms with Crippen molar-refractivity contribution < 1.29 is 15.0 Å². The molecular formula is C7H15NO3. The normalized spacial score (nSPS) is 15.9. The molecule has 0 aromatic rings. The maximum atomic E-state index is 10.3. The van der Waals surface area contributed by atoms with Crippen LogP contribution < -0.4 is 5.32 Å². The first kappa shape index (κ1) is 10.4. The Morgan fingerprint density at radius 2 is 2.09 bits per heavy atom. The molecule has 0 heterocycles. The minimum atomic E-state index is -0.866. The largest absolute Gasteiger partial charge is 0.480 e. The highest BCUT2D eigenvalue weighted by molar-refractivity contribution is 5.72. The maximum absolute atomic E-state index is 10.3. The summed E-state index contributed by atoms with van der Waals surface area (Å²) in [4.78, 5) is 10.3. The molecule has 3 N–H and O–H groups in total. The van der Waals surface area contributed by atoms with E-state index in [-0.39, 0.29) is 12.5 Å². The number of carboxylic acid groups (broad SMARTS) is 1. The lowest BCUT2D eigenvalue weighted by Gasteiger charge is -2.12. The van der Waals surface area contributed by atoms with E-state index in [1.165, 1.54) is 0 Å². The maximum Gasteiger partial charge on any atom is 0.320 e. The fourth-order valence-corrected chi connectivity index (χ4v) is 0.530. The molecule has 66 valence electrons. The molecule has 0 aliphatic rings. The summed E-state index contributed by atoms with van der Waals surface area (Å²) in [7, 11) is 0. The number of nitrogens with one attached hydrogen (secondary N) is 1. The van der Waals surface area contributed by atoms with E-state index in [0.29, 0.717) is 6.54 Å². The number of aliphatic hydroxyl groups is 1. The highest BCUT2D eigenvalue weighted by atomic mass is 16.4. The van der Waals surface area contributed by atoms with Gasteiger partial charge in [0.1, 0.15) is 6.04 Å². The Bertz CT molecular complexity index is 127. The molecule has 0 aliphatic carbocycles. The third-order valence-corrected chi connectivity index (χ3v) is 1.45. The molecule has 4 nitrogen and oxygen atoms in total. The highest BCUT2D eigenvalue weighted by Crippen LogP contribution is 1.90. The van der Waals surface area contributed by atoms with Crippen LogP contribution in [0.15, 0.2) is 0 Å². The lowest BCUT2D eigenvalue weighted by molar-refractivity contribution is -0.139. The van der Waals surface area contributed by atoms with Gasteiger partial charge in [0.2, 0.25) is 0 Å². The minimum Gasteiger partial charge on any atom is -0.480 e. The molecule has 2 atom stereocenters. The summed E-state index contributed by atoms with van der Waals surface area (Å²) in [5.41, 5.74) is 0. The van der Waals surface area contributed by atoms with E-state index in [1.807, 2.05) is 6.92 Å². The van der Waals surface area contributed by atoms with Crippen LogP contribution in [0.1, 0.15) is 13.8 Å². The Labute approximate surface area is 66.2 Å². The van der Waals surface area contributed by atoms with Gasteiger partial charge in [-0.05, 0) is 12.8 Å². The Morgan fingerprint density at radius 1 is 1.55 bits per heavy atom. The monoisotopic (exact) mass is 161 g/mol. The summed E-state index contributed by atoms with van der Waals surface area (Å²) in [6.45, 7) is 4.04. The molecule has 0 fully saturated rings. The fourth-order valence-electron chi connectivity index (χ4n) is 0.530. The molecule has 0 saturated heterocycles. The van der Waals surface area contributed by atoms with E-state index in [2.05, 4.69) is 5.32 Å². The molecule has 0 aromatic heterocycles. The van der Waals surface area contributed by atoms with E-state index < -0.39 is 12.0 Å². The van der Waals surface area contributed by atoms with Crippen LogP contribution >= 0.6 is 0 Å². The molecule has 0 aliphatic heterocycles. The van der Waals surface area contributed by atoms with Crippen LogP contribution in [0.3, 0.4) is 0 Å². The lowest BCUT2D eigenvalue weighted by atomic mass is 10.2. The van der Waals surface area contributed by atoms with Gasteiger partial charge in [0.25, 0.3) is 0 Å². The smallest absolute Gasteiger partial charge is 0.320 e. The Hall–Kier alpha value is -0.610. The standard InChI is InChI=1S/C7H15NO3/c1-5(4-9)3-8-6(2)7(10)11/h5-6,8-9H,3-4H2,1-2H3,(H,10,11)/t5?,6-/m1/s1. The van der Waals surface area contributed by atoms with Gasteiger partial charge in [-0.15, -0.1) is 0 Å². The molecule has 0 aromatic carbocycles. The average molecular weight is 161 g/mol. The SMILES string of the molecule is CC(CO)CN[C@H](C)C(=O)O. The Balaban J connectivity index is 3.45. The minimum absolute atomic E-state index is 0.0827. The van der Waals surface area contributed by atoms with Crippen molar-refractivity contribution >= 4 is 5.97 Å². The first-order valence-electron chi connectivity index (χ1n) is 3.65. The molecule has 0 rings (SSSR count). The zero-order chi connectivity index (χ0) is 8.85. The molecule has 0 radical (unpaired) electrons. The summed E-state index contributed by atoms with van der Waals surface area (Å²) >= 11 is 0. The lowest BCUT2D eigenvalue weighted by Crippen LogP contribution is -2.37. The van der Waals surface area contributed by atoms with Crippen LogP contribution in [-0.2, 0) is 4.79 Å². The molecule has 0 bridgehead atoms. The van der Waals surface area contributed by atoms with Crippen molar-refractivity contribution in [1.82, 2.24) is 5.32 Å². The zero-order valence-corrected chi connectivity index (χ0v) is 6.87. The van der Waals surface area contributed by atoms with Gasteiger partial charge in [0, 0.05) is 13.2 Å². The number of hydrogen-bond acceptors (Lipinski definition) is 3. The van der Waals surface area contributed by atoms with Crippen molar-refractivity contribution in [2.45, 2.75) is 19.9 Å². The van der Waals surface area contributed by atoms with Crippen LogP contribution in [0.4, 0.5) is 0 Å². The quantitative estimate of drug-likeness (QED) is 0.516. The second kappa shape index (κ2) is 5.09. The number of carbonyl (C=O) groups is 1. The third kappa shape index (κ3) is 4.75. The summed E-state index contributed by atoms with van der Waals surface area (Å²) < 4.78 is 0. The second-order valence-electron chi connectivity index (χ2n) is 2.76. The van der Waals surface area contributed by atoms with Crippen molar-refractivity contribution in [3.05, 3.63) is 0 Å². The van der Waals surface area contributed by atoms with Gasteiger partial charge in [-0.2, -0.15) is 0 Å². The summed E-state index contributed by atoms with van der Waals surface area (Å²) in [5, 5.41) is 19.8. The number of aliphatic hydroxyl groups excluding tert-OH is 1. The second-order valence-corrected chi connectivity index (χ2v) is 2.76. The molecule has 0 saturated carbocycles. The summed E-state index contributed by atoms with van der Waals surface area (Å²) in [6.07, 6.45) is 0. The third-order valence-electron chi connectivity index (χ3n) is 1.45. The van der Waals surface area contributed by atoms with Crippen LogP contribution in [0, 0.1) is 5.92 Å². The first-order chi connectivity index (χ1) is 5.07. The van der Waals surface area contributed by atoms with E-state index in [9.17, 15) is 4.79 Å². The zero-order valence-electron chi connectivity index (χ0n) is 6.87. The molecule has 0 spiro atoms. The molecule has 11 heavy (non-hydrogen) atoms. The average Bonchev–Trinajstić information content (AvgIpc) is 1.99. The van der Waals surface area contributed by atoms with E-state index in [1.54, 1.807) is 6.92 Å². The number of hydrogen-bond donors (Lipinski definition) is 3.